The average molecular weight is 440 g/mol. The van der Waals surface area contributed by atoms with Crippen LogP contribution < -0.4 is 4.90 Å². The number of amides is 1. The van der Waals surface area contributed by atoms with Crippen molar-refractivity contribution in [3.05, 3.63) is 70.2 Å². The number of thiazole rings is 1. The quantitative estimate of drug-likeness (QED) is 0.459. The van der Waals surface area contributed by atoms with Crippen molar-refractivity contribution in [2.24, 2.45) is 4.99 Å². The fourth-order valence-corrected chi connectivity index (χ4v) is 5.93. The normalized spacial score (nSPS) is 13.0. The molecule has 0 saturated heterocycles. The van der Waals surface area contributed by atoms with Crippen LogP contribution in [0.15, 0.2) is 52.8 Å². The summed E-state index contributed by atoms with van der Waals surface area (Å²) in [5.74, 6) is 1.66. The topological polar surface area (TPSA) is 45.6 Å². The number of para-hydroxylation sites is 1. The minimum absolute atomic E-state index is 0.0365. The minimum Gasteiger partial charge on any atom is -0.274 e. The number of nitrogens with zero attached hydrogens (tertiary/aromatic N) is 3. The number of hydrogen-bond acceptors (Lipinski definition) is 6. The molecule has 0 fully saturated rings. The second-order valence-electron chi connectivity index (χ2n) is 6.83. The molecule has 2 aromatic carbocycles. The maximum absolute atomic E-state index is 12.3. The molecule has 1 aliphatic rings. The lowest BCUT2D eigenvalue weighted by molar-refractivity contribution is -0.115. The molecule has 0 saturated carbocycles. The van der Waals surface area contributed by atoms with Gasteiger partial charge in [-0.1, -0.05) is 47.8 Å². The van der Waals surface area contributed by atoms with Gasteiger partial charge in [-0.2, -0.15) is 0 Å². The van der Waals surface area contributed by atoms with Crippen molar-refractivity contribution < 1.29 is 4.79 Å². The zero-order chi connectivity index (χ0) is 20.4. The van der Waals surface area contributed by atoms with E-state index in [1.54, 1.807) is 35.3 Å². The van der Waals surface area contributed by atoms with Crippen molar-refractivity contribution in [2.75, 3.05) is 4.90 Å². The van der Waals surface area contributed by atoms with Crippen molar-refractivity contribution in [2.45, 2.75) is 32.3 Å². The molecule has 3 aromatic rings. The Morgan fingerprint density at radius 3 is 2.79 bits per heavy atom. The summed E-state index contributed by atoms with van der Waals surface area (Å²) >= 11 is 4.97. The maximum Gasteiger partial charge on any atom is 0.230 e. The summed E-state index contributed by atoms with van der Waals surface area (Å²) in [6.45, 7) is 5.71. The first-order chi connectivity index (χ1) is 14.0. The Morgan fingerprint density at radius 2 is 2.00 bits per heavy atom. The number of aromatic nitrogens is 1. The van der Waals surface area contributed by atoms with E-state index in [9.17, 15) is 4.79 Å². The van der Waals surface area contributed by atoms with Gasteiger partial charge in [-0.3, -0.25) is 9.69 Å². The van der Waals surface area contributed by atoms with E-state index in [0.29, 0.717) is 5.13 Å². The Hall–Kier alpha value is -2.09. The highest BCUT2D eigenvalue weighted by Crippen LogP contribution is 2.36. The fraction of sp³-hybridized carbons (Fsp3) is 0.227. The summed E-state index contributed by atoms with van der Waals surface area (Å²) in [4.78, 5) is 23.5. The molecule has 7 heteroatoms. The number of hydrogen-bond donors (Lipinski definition) is 0. The molecule has 0 N–H and O–H groups in total. The highest BCUT2D eigenvalue weighted by molar-refractivity contribution is 8.38. The number of carbonyl (C=O) groups excluding carboxylic acids is 1. The van der Waals surface area contributed by atoms with Gasteiger partial charge in [-0.15, -0.1) is 11.3 Å². The van der Waals surface area contributed by atoms with Crippen LogP contribution in [-0.2, 0) is 16.3 Å². The SMILES string of the molecule is CC(=O)N(c1ccc(C)c(C)c1)c1nc(CSC2=Nc3ccccc3CS2)cs1. The molecule has 4 nitrogen and oxygen atoms in total. The lowest BCUT2D eigenvalue weighted by Crippen LogP contribution is -2.22. The van der Waals surface area contributed by atoms with Crippen molar-refractivity contribution in [1.82, 2.24) is 4.98 Å². The molecule has 1 aliphatic heterocycles. The van der Waals surface area contributed by atoms with Crippen LogP contribution in [0.5, 0.6) is 0 Å². The molecule has 1 amide bonds. The number of aliphatic imine (C=N–C) groups is 1. The van der Waals surface area contributed by atoms with Gasteiger partial charge in [0.2, 0.25) is 5.91 Å². The van der Waals surface area contributed by atoms with Gasteiger partial charge < -0.3 is 0 Å². The molecule has 4 rings (SSSR count). The van der Waals surface area contributed by atoms with Crippen LogP contribution in [-0.4, -0.2) is 15.3 Å². The number of aryl methyl sites for hydroxylation is 2. The van der Waals surface area contributed by atoms with E-state index in [2.05, 4.69) is 32.0 Å². The monoisotopic (exact) mass is 439 g/mol. The van der Waals surface area contributed by atoms with E-state index >= 15 is 0 Å². The predicted octanol–water partition coefficient (Wildman–Crippen LogP) is 6.61. The first-order valence-corrected chi connectivity index (χ1v) is 12.1. The van der Waals surface area contributed by atoms with Gasteiger partial charge in [0.25, 0.3) is 0 Å². The molecule has 0 bridgehead atoms. The molecular formula is C22H21N3OS3. The largest absolute Gasteiger partial charge is 0.274 e. The molecule has 0 aliphatic carbocycles. The van der Waals surface area contributed by atoms with E-state index in [4.69, 9.17) is 9.98 Å². The highest BCUT2D eigenvalue weighted by atomic mass is 32.2. The number of benzene rings is 2. The molecule has 0 radical (unpaired) electrons. The van der Waals surface area contributed by atoms with Gasteiger partial charge in [0.05, 0.1) is 17.1 Å². The lowest BCUT2D eigenvalue weighted by atomic mass is 10.1. The van der Waals surface area contributed by atoms with Crippen molar-refractivity contribution in [1.29, 1.82) is 0 Å². The Bertz CT molecular complexity index is 1090. The van der Waals surface area contributed by atoms with Gasteiger partial charge in [-0.05, 0) is 48.7 Å². The van der Waals surface area contributed by atoms with E-state index in [-0.39, 0.29) is 5.91 Å². The molecule has 0 atom stereocenters. The maximum atomic E-state index is 12.3. The van der Waals surface area contributed by atoms with Crippen molar-refractivity contribution >= 4 is 61.6 Å². The third-order valence-corrected chi connectivity index (χ3v) is 7.85. The van der Waals surface area contributed by atoms with Crippen LogP contribution in [0.25, 0.3) is 0 Å². The summed E-state index contributed by atoms with van der Waals surface area (Å²) in [6, 6.07) is 14.3. The Kier molecular flexibility index (Phi) is 6.08. The number of thioether (sulfide) groups is 2. The minimum atomic E-state index is -0.0365. The van der Waals surface area contributed by atoms with Crippen LogP contribution in [0.4, 0.5) is 16.5 Å². The Labute approximate surface area is 183 Å². The van der Waals surface area contributed by atoms with E-state index in [1.807, 2.05) is 29.6 Å². The molecular weight excluding hydrogens is 418 g/mol. The standard InChI is InChI=1S/C22H21N3OS3/c1-14-8-9-19(10-15(14)2)25(16(3)26)21-23-18(12-27-21)13-29-22-24-20-7-5-4-6-17(20)11-28-22/h4-10,12H,11,13H2,1-3H3. The third-order valence-electron chi connectivity index (χ3n) is 4.69. The zero-order valence-corrected chi connectivity index (χ0v) is 19.0. The zero-order valence-electron chi connectivity index (χ0n) is 16.5. The summed E-state index contributed by atoms with van der Waals surface area (Å²) in [5.41, 5.74) is 6.54. The second-order valence-corrected chi connectivity index (χ2v) is 9.85. The van der Waals surface area contributed by atoms with Crippen LogP contribution in [0.2, 0.25) is 0 Å². The number of fused-ring (bicyclic) bond motifs is 1. The van der Waals surface area contributed by atoms with Gasteiger partial charge in [-0.25, -0.2) is 9.98 Å². The van der Waals surface area contributed by atoms with Crippen molar-refractivity contribution in [3.8, 4) is 0 Å². The van der Waals surface area contributed by atoms with Crippen LogP contribution in [0, 0.1) is 13.8 Å². The van der Waals surface area contributed by atoms with Crippen LogP contribution in [0.1, 0.15) is 29.3 Å². The van der Waals surface area contributed by atoms with Gasteiger partial charge in [0.15, 0.2) is 5.13 Å². The Morgan fingerprint density at radius 1 is 1.17 bits per heavy atom. The van der Waals surface area contributed by atoms with Gasteiger partial charge in [0.1, 0.15) is 4.38 Å². The second kappa shape index (κ2) is 8.73. The molecule has 1 aromatic heterocycles. The molecule has 29 heavy (non-hydrogen) atoms. The molecule has 148 valence electrons. The van der Waals surface area contributed by atoms with Crippen LogP contribution in [0.3, 0.4) is 0 Å². The summed E-state index contributed by atoms with van der Waals surface area (Å²) in [6.07, 6.45) is 0. The smallest absolute Gasteiger partial charge is 0.230 e. The van der Waals surface area contributed by atoms with E-state index in [0.717, 1.165) is 38.5 Å². The van der Waals surface area contributed by atoms with Gasteiger partial charge in [0, 0.05) is 23.8 Å². The van der Waals surface area contributed by atoms with E-state index in [1.165, 1.54) is 22.5 Å². The predicted molar refractivity (Wildman–Crippen MR) is 127 cm³/mol. The fourth-order valence-electron chi connectivity index (χ4n) is 2.98. The first-order valence-electron chi connectivity index (χ1n) is 9.26. The first kappa shape index (κ1) is 20.2. The summed E-state index contributed by atoms with van der Waals surface area (Å²) < 4.78 is 1.07. The molecule has 2 heterocycles. The van der Waals surface area contributed by atoms with E-state index < -0.39 is 0 Å². The highest BCUT2D eigenvalue weighted by Gasteiger charge is 2.19. The third kappa shape index (κ3) is 4.57. The molecule has 0 spiro atoms. The van der Waals surface area contributed by atoms with Crippen molar-refractivity contribution in [3.63, 3.8) is 0 Å². The van der Waals surface area contributed by atoms with Crippen LogP contribution >= 0.6 is 34.9 Å². The summed E-state index contributed by atoms with van der Waals surface area (Å²) in [7, 11) is 0. The molecule has 0 unspecified atom stereocenters. The van der Waals surface area contributed by atoms with Gasteiger partial charge >= 0.3 is 0 Å². The summed E-state index contributed by atoms with van der Waals surface area (Å²) in [5, 5.41) is 2.74. The Balaban J connectivity index is 1.49. The number of anilines is 2. The average Bonchev–Trinajstić information content (AvgIpc) is 3.17. The number of rotatable bonds is 4. The lowest BCUT2D eigenvalue weighted by Gasteiger charge is -2.19. The number of carbonyl (C=O) groups is 1.